The number of amides is 2. The molecule has 10 heteroatoms. The standard InChI is InChI=1S/C25H23F3N4O3/c1-16-14-21(33)22(30-32(16)20-7-3-2-6-19(20)25(26,27)28)23(34)29-15-17-8-10-18(11-9-17)24(35)31-12-4-5-13-31/h2-3,6-11,14H,4-5,12-13,15H2,1H3,(H,29,34). The Labute approximate surface area is 199 Å². The first kappa shape index (κ1) is 24.2. The predicted molar refractivity (Wildman–Crippen MR) is 122 cm³/mol. The third kappa shape index (κ3) is 5.26. The highest BCUT2D eigenvalue weighted by Gasteiger charge is 2.34. The molecule has 0 unspecified atom stereocenters. The molecule has 2 heterocycles. The molecule has 1 saturated heterocycles. The van der Waals surface area contributed by atoms with Crippen LogP contribution in [0.15, 0.2) is 59.4 Å². The molecule has 182 valence electrons. The second-order valence-corrected chi connectivity index (χ2v) is 8.30. The molecular weight excluding hydrogens is 461 g/mol. The summed E-state index contributed by atoms with van der Waals surface area (Å²) in [5.41, 5.74) is -1.05. The van der Waals surface area contributed by atoms with E-state index >= 15 is 0 Å². The van der Waals surface area contributed by atoms with Crippen molar-refractivity contribution < 1.29 is 22.8 Å². The average Bonchev–Trinajstić information content (AvgIpc) is 3.37. The number of halogens is 3. The molecule has 1 aliphatic rings. The molecule has 3 aromatic rings. The normalized spacial score (nSPS) is 13.7. The van der Waals surface area contributed by atoms with Crippen molar-refractivity contribution in [1.29, 1.82) is 0 Å². The maximum Gasteiger partial charge on any atom is 0.418 e. The number of alkyl halides is 3. The molecule has 0 bridgehead atoms. The number of nitrogens with one attached hydrogen (secondary N) is 1. The molecule has 1 aliphatic heterocycles. The summed E-state index contributed by atoms with van der Waals surface area (Å²) in [7, 11) is 0. The summed E-state index contributed by atoms with van der Waals surface area (Å²) < 4.78 is 41.4. The Bertz CT molecular complexity index is 1310. The van der Waals surface area contributed by atoms with E-state index in [1.807, 2.05) is 0 Å². The van der Waals surface area contributed by atoms with Crippen LogP contribution in [-0.2, 0) is 12.7 Å². The number of para-hydroxylation sites is 1. The fourth-order valence-corrected chi connectivity index (χ4v) is 3.98. The third-order valence-electron chi connectivity index (χ3n) is 5.81. The Hall–Kier alpha value is -3.95. The van der Waals surface area contributed by atoms with Gasteiger partial charge in [0.2, 0.25) is 5.43 Å². The van der Waals surface area contributed by atoms with Crippen LogP contribution in [0.25, 0.3) is 5.69 Å². The van der Waals surface area contributed by atoms with Crippen LogP contribution in [0.3, 0.4) is 0 Å². The number of nitrogens with zero attached hydrogens (tertiary/aromatic N) is 3. The van der Waals surface area contributed by atoms with Gasteiger partial charge in [0.15, 0.2) is 5.69 Å². The van der Waals surface area contributed by atoms with E-state index < -0.39 is 28.8 Å². The van der Waals surface area contributed by atoms with Crippen molar-refractivity contribution in [3.8, 4) is 5.69 Å². The van der Waals surface area contributed by atoms with E-state index in [1.165, 1.54) is 25.1 Å². The van der Waals surface area contributed by atoms with Crippen LogP contribution in [0.4, 0.5) is 13.2 Å². The third-order valence-corrected chi connectivity index (χ3v) is 5.81. The van der Waals surface area contributed by atoms with Crippen molar-refractivity contribution in [2.75, 3.05) is 13.1 Å². The highest BCUT2D eigenvalue weighted by atomic mass is 19.4. The summed E-state index contributed by atoms with van der Waals surface area (Å²) in [6.07, 6.45) is -2.66. The first-order chi connectivity index (χ1) is 16.6. The average molecular weight is 484 g/mol. The lowest BCUT2D eigenvalue weighted by Gasteiger charge is -2.16. The van der Waals surface area contributed by atoms with Gasteiger partial charge >= 0.3 is 6.18 Å². The number of likely N-dealkylation sites (tertiary alicyclic amines) is 1. The van der Waals surface area contributed by atoms with E-state index in [-0.39, 0.29) is 23.8 Å². The van der Waals surface area contributed by atoms with Gasteiger partial charge in [0.25, 0.3) is 11.8 Å². The van der Waals surface area contributed by atoms with Gasteiger partial charge in [0, 0.05) is 37.0 Å². The summed E-state index contributed by atoms with van der Waals surface area (Å²) in [6, 6.07) is 12.6. The van der Waals surface area contributed by atoms with Crippen molar-refractivity contribution in [2.45, 2.75) is 32.5 Å². The molecule has 4 rings (SSSR count). The monoisotopic (exact) mass is 484 g/mol. The van der Waals surface area contributed by atoms with Crippen LogP contribution < -0.4 is 10.7 Å². The lowest BCUT2D eigenvalue weighted by atomic mass is 10.1. The quantitative estimate of drug-likeness (QED) is 0.598. The van der Waals surface area contributed by atoms with Gasteiger partial charge in [-0.05, 0) is 49.6 Å². The number of rotatable bonds is 5. The Morgan fingerprint density at radius 2 is 1.69 bits per heavy atom. The zero-order valence-electron chi connectivity index (χ0n) is 18.9. The molecule has 0 spiro atoms. The summed E-state index contributed by atoms with van der Waals surface area (Å²) in [5, 5.41) is 6.52. The lowest BCUT2D eigenvalue weighted by Crippen LogP contribution is -2.32. The SMILES string of the molecule is Cc1cc(=O)c(C(=O)NCc2ccc(C(=O)N3CCCC3)cc2)nn1-c1ccccc1C(F)(F)F. The lowest BCUT2D eigenvalue weighted by molar-refractivity contribution is -0.137. The van der Waals surface area contributed by atoms with Crippen LogP contribution in [0.5, 0.6) is 0 Å². The van der Waals surface area contributed by atoms with Gasteiger partial charge in [0.1, 0.15) is 0 Å². The zero-order chi connectivity index (χ0) is 25.2. The van der Waals surface area contributed by atoms with E-state index in [9.17, 15) is 27.6 Å². The van der Waals surface area contributed by atoms with Gasteiger partial charge in [-0.1, -0.05) is 24.3 Å². The predicted octanol–water partition coefficient (Wildman–Crippen LogP) is 3.73. The molecule has 1 N–H and O–H groups in total. The summed E-state index contributed by atoms with van der Waals surface area (Å²) >= 11 is 0. The van der Waals surface area contributed by atoms with Gasteiger partial charge in [-0.3, -0.25) is 14.4 Å². The molecule has 35 heavy (non-hydrogen) atoms. The van der Waals surface area contributed by atoms with Crippen molar-refractivity contribution in [3.05, 3.63) is 92.9 Å². The second kappa shape index (κ2) is 9.73. The number of hydrogen-bond acceptors (Lipinski definition) is 4. The smallest absolute Gasteiger partial charge is 0.346 e. The van der Waals surface area contributed by atoms with Crippen molar-refractivity contribution in [1.82, 2.24) is 20.0 Å². The molecule has 2 amide bonds. The minimum absolute atomic E-state index is 0.0402. The van der Waals surface area contributed by atoms with Crippen molar-refractivity contribution >= 4 is 11.8 Å². The Morgan fingerprint density at radius 1 is 1.03 bits per heavy atom. The van der Waals surface area contributed by atoms with E-state index in [1.54, 1.807) is 29.2 Å². The highest BCUT2D eigenvalue weighted by Crippen LogP contribution is 2.33. The van der Waals surface area contributed by atoms with E-state index in [0.29, 0.717) is 11.1 Å². The van der Waals surface area contributed by atoms with Gasteiger partial charge in [-0.25, -0.2) is 4.68 Å². The first-order valence-corrected chi connectivity index (χ1v) is 11.1. The molecule has 0 aliphatic carbocycles. The van der Waals surface area contributed by atoms with E-state index in [2.05, 4.69) is 10.4 Å². The maximum absolute atomic E-state index is 13.5. The molecular formula is C25H23F3N4O3. The van der Waals surface area contributed by atoms with Crippen LogP contribution >= 0.6 is 0 Å². The number of aromatic nitrogens is 2. The van der Waals surface area contributed by atoms with Crippen LogP contribution in [0.2, 0.25) is 0 Å². The molecule has 1 aromatic heterocycles. The number of benzene rings is 2. The van der Waals surface area contributed by atoms with Gasteiger partial charge < -0.3 is 10.2 Å². The Morgan fingerprint density at radius 3 is 2.34 bits per heavy atom. The zero-order valence-corrected chi connectivity index (χ0v) is 18.9. The van der Waals surface area contributed by atoms with E-state index in [0.717, 1.165) is 42.7 Å². The van der Waals surface area contributed by atoms with Crippen LogP contribution in [0, 0.1) is 6.92 Å². The van der Waals surface area contributed by atoms with Gasteiger partial charge in [-0.15, -0.1) is 0 Å². The molecule has 2 aromatic carbocycles. The summed E-state index contributed by atoms with van der Waals surface area (Å²) in [4.78, 5) is 39.3. The van der Waals surface area contributed by atoms with E-state index in [4.69, 9.17) is 0 Å². The maximum atomic E-state index is 13.5. The molecule has 1 fully saturated rings. The fourth-order valence-electron chi connectivity index (χ4n) is 3.98. The number of aryl methyl sites for hydroxylation is 1. The van der Waals surface area contributed by atoms with Crippen LogP contribution in [-0.4, -0.2) is 39.6 Å². The largest absolute Gasteiger partial charge is 0.418 e. The number of hydrogen-bond donors (Lipinski definition) is 1. The van der Waals surface area contributed by atoms with Gasteiger partial charge in [-0.2, -0.15) is 18.3 Å². The number of carbonyl (C=O) groups excluding carboxylic acids is 2. The Kier molecular flexibility index (Phi) is 6.72. The van der Waals surface area contributed by atoms with Crippen molar-refractivity contribution in [3.63, 3.8) is 0 Å². The summed E-state index contributed by atoms with van der Waals surface area (Å²) in [5.74, 6) is -0.855. The minimum atomic E-state index is -4.64. The first-order valence-electron chi connectivity index (χ1n) is 11.1. The minimum Gasteiger partial charge on any atom is -0.346 e. The molecule has 0 radical (unpaired) electrons. The summed E-state index contributed by atoms with van der Waals surface area (Å²) in [6.45, 7) is 2.97. The Balaban J connectivity index is 1.52. The second-order valence-electron chi connectivity index (χ2n) is 8.30. The molecule has 0 saturated carbocycles. The number of carbonyl (C=O) groups is 2. The topological polar surface area (TPSA) is 84.3 Å². The fraction of sp³-hybridized carbons (Fsp3) is 0.280. The molecule has 7 nitrogen and oxygen atoms in total. The van der Waals surface area contributed by atoms with Gasteiger partial charge in [0.05, 0.1) is 11.3 Å². The van der Waals surface area contributed by atoms with Crippen molar-refractivity contribution in [2.24, 2.45) is 0 Å². The highest BCUT2D eigenvalue weighted by molar-refractivity contribution is 5.94. The van der Waals surface area contributed by atoms with Crippen LogP contribution in [0.1, 0.15) is 50.5 Å². The molecule has 0 atom stereocenters.